The fourth-order valence-corrected chi connectivity index (χ4v) is 3.50. The highest BCUT2D eigenvalue weighted by atomic mass is 16.5. The number of methoxy groups -OCH3 is 2. The number of ether oxygens (including phenoxy) is 4. The third-order valence-electron chi connectivity index (χ3n) is 5.33. The SMILES string of the molecule is CCOc1cc(/C=C(\C#N)C(=O)NCCc2ccc(OC)c(OC)c2)ccc1OCc1ccccc1. The van der Waals surface area contributed by atoms with Crippen molar-refractivity contribution in [3.63, 3.8) is 0 Å². The zero-order valence-electron chi connectivity index (χ0n) is 20.7. The van der Waals surface area contributed by atoms with Gasteiger partial charge in [0.05, 0.1) is 20.8 Å². The molecule has 0 bridgehead atoms. The first kappa shape index (κ1) is 26.2. The molecule has 0 aliphatic rings. The van der Waals surface area contributed by atoms with E-state index in [-0.39, 0.29) is 5.57 Å². The first-order valence-corrected chi connectivity index (χ1v) is 11.6. The van der Waals surface area contributed by atoms with Gasteiger partial charge >= 0.3 is 0 Å². The lowest BCUT2D eigenvalue weighted by atomic mass is 10.1. The summed E-state index contributed by atoms with van der Waals surface area (Å²) in [5, 5.41) is 12.4. The van der Waals surface area contributed by atoms with E-state index in [1.165, 1.54) is 6.08 Å². The van der Waals surface area contributed by atoms with Gasteiger partial charge in [0.25, 0.3) is 5.91 Å². The third kappa shape index (κ3) is 7.28. The number of nitrogens with zero attached hydrogens (tertiary/aromatic N) is 1. The molecule has 0 aliphatic carbocycles. The van der Waals surface area contributed by atoms with E-state index in [0.717, 1.165) is 11.1 Å². The highest BCUT2D eigenvalue weighted by molar-refractivity contribution is 6.01. The van der Waals surface area contributed by atoms with Crippen LogP contribution in [0.25, 0.3) is 6.08 Å². The quantitative estimate of drug-likeness (QED) is 0.288. The predicted molar refractivity (Wildman–Crippen MR) is 138 cm³/mol. The normalized spacial score (nSPS) is 10.8. The van der Waals surface area contributed by atoms with Gasteiger partial charge in [0.1, 0.15) is 18.2 Å². The van der Waals surface area contributed by atoms with Crippen molar-refractivity contribution in [1.82, 2.24) is 5.32 Å². The molecule has 0 heterocycles. The van der Waals surface area contributed by atoms with Crippen molar-refractivity contribution in [2.75, 3.05) is 27.4 Å². The second-order valence-electron chi connectivity index (χ2n) is 7.78. The van der Waals surface area contributed by atoms with Crippen molar-refractivity contribution in [1.29, 1.82) is 5.26 Å². The first-order valence-electron chi connectivity index (χ1n) is 11.6. The second-order valence-corrected chi connectivity index (χ2v) is 7.78. The fourth-order valence-electron chi connectivity index (χ4n) is 3.50. The number of nitrogens with one attached hydrogen (secondary N) is 1. The Kier molecular flexibility index (Phi) is 9.78. The molecule has 1 amide bonds. The number of hydrogen-bond donors (Lipinski definition) is 1. The Labute approximate surface area is 211 Å². The molecular weight excluding hydrogens is 456 g/mol. The number of carbonyl (C=O) groups is 1. The van der Waals surface area contributed by atoms with Crippen molar-refractivity contribution in [2.45, 2.75) is 20.0 Å². The van der Waals surface area contributed by atoms with Crippen LogP contribution in [0, 0.1) is 11.3 Å². The van der Waals surface area contributed by atoms with Crippen molar-refractivity contribution in [2.24, 2.45) is 0 Å². The highest BCUT2D eigenvalue weighted by Gasteiger charge is 2.12. The Hall–Kier alpha value is -4.44. The summed E-state index contributed by atoms with van der Waals surface area (Å²) >= 11 is 0. The maximum Gasteiger partial charge on any atom is 0.261 e. The van der Waals surface area contributed by atoms with Gasteiger partial charge in [-0.2, -0.15) is 5.26 Å². The van der Waals surface area contributed by atoms with Crippen LogP contribution >= 0.6 is 0 Å². The molecule has 3 aromatic carbocycles. The van der Waals surface area contributed by atoms with Crippen molar-refractivity contribution < 1.29 is 23.7 Å². The van der Waals surface area contributed by atoms with E-state index in [1.54, 1.807) is 32.4 Å². The summed E-state index contributed by atoms with van der Waals surface area (Å²) in [7, 11) is 3.16. The Morgan fingerprint density at radius 1 is 0.889 bits per heavy atom. The van der Waals surface area contributed by atoms with E-state index in [0.29, 0.717) is 54.7 Å². The third-order valence-corrected chi connectivity index (χ3v) is 5.33. The van der Waals surface area contributed by atoms with Crippen LogP contribution < -0.4 is 24.3 Å². The maximum atomic E-state index is 12.6. The highest BCUT2D eigenvalue weighted by Crippen LogP contribution is 2.30. The standard InChI is InChI=1S/C29H30N2O5/c1-4-35-28-18-23(11-13-26(28)36-20-22-8-6-5-7-9-22)16-24(19-30)29(32)31-15-14-21-10-12-25(33-2)27(17-21)34-3/h5-13,16-18H,4,14-15,20H2,1-3H3,(H,31,32)/b24-16+. The Morgan fingerprint density at radius 3 is 2.33 bits per heavy atom. The molecule has 0 unspecified atom stereocenters. The summed E-state index contributed by atoms with van der Waals surface area (Å²) < 4.78 is 22.2. The molecule has 7 nitrogen and oxygen atoms in total. The van der Waals surface area contributed by atoms with E-state index in [2.05, 4.69) is 5.32 Å². The minimum atomic E-state index is -0.444. The Bertz CT molecular complexity index is 1230. The summed E-state index contributed by atoms with van der Waals surface area (Å²) in [5.41, 5.74) is 2.68. The molecular formula is C29H30N2O5. The van der Waals surface area contributed by atoms with E-state index in [4.69, 9.17) is 18.9 Å². The van der Waals surface area contributed by atoms with Crippen LogP contribution in [0.2, 0.25) is 0 Å². The van der Waals surface area contributed by atoms with Crippen LogP contribution in [0.15, 0.2) is 72.3 Å². The number of hydrogen-bond acceptors (Lipinski definition) is 6. The summed E-state index contributed by atoms with van der Waals surface area (Å²) in [6, 6.07) is 22.7. The van der Waals surface area contributed by atoms with Crippen molar-refractivity contribution in [3.05, 3.63) is 89.0 Å². The summed E-state index contributed by atoms with van der Waals surface area (Å²) in [6.07, 6.45) is 2.11. The van der Waals surface area contributed by atoms with E-state index < -0.39 is 5.91 Å². The van der Waals surface area contributed by atoms with Gasteiger partial charge in [-0.1, -0.05) is 42.5 Å². The molecule has 3 rings (SSSR count). The van der Waals surface area contributed by atoms with Gasteiger partial charge in [-0.05, 0) is 60.4 Å². The molecule has 0 aromatic heterocycles. The van der Waals surface area contributed by atoms with Crippen LogP contribution in [-0.4, -0.2) is 33.3 Å². The minimum Gasteiger partial charge on any atom is -0.493 e. The zero-order chi connectivity index (χ0) is 25.8. The lowest BCUT2D eigenvalue weighted by molar-refractivity contribution is -0.117. The van der Waals surface area contributed by atoms with Crippen LogP contribution in [0.3, 0.4) is 0 Å². The largest absolute Gasteiger partial charge is 0.493 e. The summed E-state index contributed by atoms with van der Waals surface area (Å²) in [5.74, 6) is 1.97. The molecule has 7 heteroatoms. The van der Waals surface area contributed by atoms with Gasteiger partial charge in [-0.15, -0.1) is 0 Å². The topological polar surface area (TPSA) is 89.8 Å². The molecule has 0 radical (unpaired) electrons. The average molecular weight is 487 g/mol. The molecule has 3 aromatic rings. The molecule has 186 valence electrons. The molecule has 0 saturated heterocycles. The number of benzene rings is 3. The first-order chi connectivity index (χ1) is 17.6. The van der Waals surface area contributed by atoms with Gasteiger partial charge < -0.3 is 24.3 Å². The molecule has 0 saturated carbocycles. The predicted octanol–water partition coefficient (Wildman–Crippen LogP) is 4.95. The van der Waals surface area contributed by atoms with Crippen molar-refractivity contribution >= 4 is 12.0 Å². The van der Waals surface area contributed by atoms with E-state index in [9.17, 15) is 10.1 Å². The molecule has 0 fully saturated rings. The maximum absolute atomic E-state index is 12.6. The Balaban J connectivity index is 1.65. The number of nitriles is 1. The van der Waals surface area contributed by atoms with Crippen LogP contribution in [0.1, 0.15) is 23.6 Å². The lowest BCUT2D eigenvalue weighted by Gasteiger charge is -2.13. The van der Waals surface area contributed by atoms with Gasteiger partial charge in [0.15, 0.2) is 23.0 Å². The molecule has 36 heavy (non-hydrogen) atoms. The molecule has 0 spiro atoms. The second kappa shape index (κ2) is 13.4. The van der Waals surface area contributed by atoms with Gasteiger partial charge in [0, 0.05) is 6.54 Å². The smallest absolute Gasteiger partial charge is 0.261 e. The minimum absolute atomic E-state index is 0.00251. The summed E-state index contributed by atoms with van der Waals surface area (Å²) in [6.45, 7) is 3.11. The van der Waals surface area contributed by atoms with Gasteiger partial charge in [-0.25, -0.2) is 0 Å². The van der Waals surface area contributed by atoms with Crippen LogP contribution in [0.5, 0.6) is 23.0 Å². The zero-order valence-corrected chi connectivity index (χ0v) is 20.7. The molecule has 1 N–H and O–H groups in total. The van der Waals surface area contributed by atoms with E-state index in [1.807, 2.05) is 61.5 Å². The van der Waals surface area contributed by atoms with Crippen LogP contribution in [0.4, 0.5) is 0 Å². The van der Waals surface area contributed by atoms with Gasteiger partial charge in [-0.3, -0.25) is 4.79 Å². The summed E-state index contributed by atoms with van der Waals surface area (Å²) in [4.78, 5) is 12.6. The molecule has 0 atom stereocenters. The fraction of sp³-hybridized carbons (Fsp3) is 0.241. The monoisotopic (exact) mass is 486 g/mol. The van der Waals surface area contributed by atoms with Crippen LogP contribution in [-0.2, 0) is 17.8 Å². The lowest BCUT2D eigenvalue weighted by Crippen LogP contribution is -2.26. The van der Waals surface area contributed by atoms with Gasteiger partial charge in [0.2, 0.25) is 0 Å². The van der Waals surface area contributed by atoms with Crippen molar-refractivity contribution in [3.8, 4) is 29.1 Å². The number of amides is 1. The molecule has 0 aliphatic heterocycles. The van der Waals surface area contributed by atoms with E-state index >= 15 is 0 Å². The Morgan fingerprint density at radius 2 is 1.64 bits per heavy atom. The average Bonchev–Trinajstić information content (AvgIpc) is 2.91. The number of carbonyl (C=O) groups excluding carboxylic acids is 1. The number of rotatable bonds is 12.